The molecule has 0 bridgehead atoms. The van der Waals surface area contributed by atoms with Crippen molar-refractivity contribution in [2.45, 2.75) is 20.1 Å². The van der Waals surface area contributed by atoms with Crippen LogP contribution in [0.4, 0.5) is 14.5 Å². The first-order chi connectivity index (χ1) is 11.6. The monoisotopic (exact) mass is 334 g/mol. The molecule has 2 aromatic rings. The van der Waals surface area contributed by atoms with Gasteiger partial charge >= 0.3 is 6.61 Å². The van der Waals surface area contributed by atoms with E-state index in [2.05, 4.69) is 10.1 Å². The summed E-state index contributed by atoms with van der Waals surface area (Å²) in [7, 11) is 0. The summed E-state index contributed by atoms with van der Waals surface area (Å²) in [6.07, 6.45) is 0. The minimum Gasteiger partial charge on any atom is -0.435 e. The molecule has 1 N–H and O–H groups in total. The van der Waals surface area contributed by atoms with Gasteiger partial charge in [0.05, 0.1) is 6.54 Å². The number of benzene rings is 2. The molecule has 0 heterocycles. The summed E-state index contributed by atoms with van der Waals surface area (Å²) in [5.41, 5.74) is 1.68. The molecule has 0 saturated heterocycles. The molecule has 0 aliphatic heterocycles. The Morgan fingerprint density at radius 3 is 2.38 bits per heavy atom. The van der Waals surface area contributed by atoms with Crippen LogP contribution in [0, 0.1) is 0 Å². The van der Waals surface area contributed by atoms with E-state index in [-0.39, 0.29) is 18.2 Å². The highest BCUT2D eigenvalue weighted by Gasteiger charge is 2.10. The Morgan fingerprint density at radius 1 is 1.12 bits per heavy atom. The second-order valence-electron chi connectivity index (χ2n) is 5.24. The number of amides is 1. The summed E-state index contributed by atoms with van der Waals surface area (Å²) in [5, 5.41) is 2.75. The quantitative estimate of drug-likeness (QED) is 0.799. The number of hydrogen-bond acceptors (Lipinski definition) is 3. The van der Waals surface area contributed by atoms with Crippen molar-refractivity contribution in [3.8, 4) is 5.75 Å². The molecular weight excluding hydrogens is 314 g/mol. The van der Waals surface area contributed by atoms with Gasteiger partial charge in [0.2, 0.25) is 5.91 Å². The van der Waals surface area contributed by atoms with Crippen LogP contribution in [0.25, 0.3) is 0 Å². The zero-order valence-corrected chi connectivity index (χ0v) is 13.4. The third-order valence-corrected chi connectivity index (χ3v) is 3.43. The topological polar surface area (TPSA) is 41.6 Å². The molecule has 1 amide bonds. The van der Waals surface area contributed by atoms with Crippen LogP contribution in [0.3, 0.4) is 0 Å². The van der Waals surface area contributed by atoms with Gasteiger partial charge < -0.3 is 10.1 Å². The summed E-state index contributed by atoms with van der Waals surface area (Å²) in [6, 6.07) is 15.8. The Hall–Kier alpha value is -2.47. The van der Waals surface area contributed by atoms with E-state index in [1.165, 1.54) is 24.3 Å². The van der Waals surface area contributed by atoms with E-state index in [1.54, 1.807) is 0 Å². The number of rotatable bonds is 8. The summed E-state index contributed by atoms with van der Waals surface area (Å²) in [6.45, 7) is 0.810. The van der Waals surface area contributed by atoms with Crippen LogP contribution >= 0.6 is 0 Å². The molecule has 0 aliphatic carbocycles. The zero-order valence-electron chi connectivity index (χ0n) is 13.4. The molecule has 128 valence electrons. The predicted molar refractivity (Wildman–Crippen MR) is 89.1 cm³/mol. The van der Waals surface area contributed by atoms with Crippen molar-refractivity contribution in [1.29, 1.82) is 0 Å². The lowest BCUT2D eigenvalue weighted by atomic mass is 10.2. The third-order valence-electron chi connectivity index (χ3n) is 3.43. The average molecular weight is 334 g/mol. The summed E-state index contributed by atoms with van der Waals surface area (Å²) in [4.78, 5) is 14.1. The first-order valence-corrected chi connectivity index (χ1v) is 7.68. The largest absolute Gasteiger partial charge is 0.435 e. The summed E-state index contributed by atoms with van der Waals surface area (Å²) < 4.78 is 28.5. The molecule has 24 heavy (non-hydrogen) atoms. The molecule has 0 radical (unpaired) electrons. The highest BCUT2D eigenvalue weighted by Crippen LogP contribution is 2.17. The number of halogens is 2. The van der Waals surface area contributed by atoms with Crippen LogP contribution in [-0.2, 0) is 11.3 Å². The van der Waals surface area contributed by atoms with Crippen LogP contribution in [0.2, 0.25) is 0 Å². The fourth-order valence-corrected chi connectivity index (χ4v) is 2.24. The molecular formula is C18H20F2N2O2. The minimum atomic E-state index is -2.86. The molecule has 0 atom stereocenters. The Labute approximate surface area is 140 Å². The zero-order chi connectivity index (χ0) is 17.4. The van der Waals surface area contributed by atoms with E-state index in [9.17, 15) is 13.6 Å². The normalized spacial score (nSPS) is 10.9. The number of carbonyl (C=O) groups is 1. The maximum atomic E-state index is 12.1. The average Bonchev–Trinajstić information content (AvgIpc) is 2.56. The number of nitrogens with zero attached hydrogens (tertiary/aromatic N) is 1. The predicted octanol–water partition coefficient (Wildman–Crippen LogP) is 3.75. The number of ether oxygens (including phenoxy) is 1. The van der Waals surface area contributed by atoms with Gasteiger partial charge in [-0.3, -0.25) is 9.69 Å². The molecule has 2 rings (SSSR count). The van der Waals surface area contributed by atoms with Gasteiger partial charge in [0, 0.05) is 12.2 Å². The van der Waals surface area contributed by atoms with Crippen LogP contribution in [-0.4, -0.2) is 30.5 Å². The fourth-order valence-electron chi connectivity index (χ4n) is 2.24. The molecule has 0 saturated carbocycles. The number of hydrogen-bond donors (Lipinski definition) is 1. The maximum Gasteiger partial charge on any atom is 0.387 e. The van der Waals surface area contributed by atoms with Crippen molar-refractivity contribution in [3.63, 3.8) is 0 Å². The van der Waals surface area contributed by atoms with Crippen LogP contribution in [0.15, 0.2) is 54.6 Å². The molecule has 0 fully saturated rings. The van der Waals surface area contributed by atoms with Crippen LogP contribution < -0.4 is 10.1 Å². The number of likely N-dealkylation sites (N-methyl/N-ethyl adjacent to an activating group) is 1. The van der Waals surface area contributed by atoms with E-state index in [0.717, 1.165) is 12.1 Å². The van der Waals surface area contributed by atoms with E-state index in [0.29, 0.717) is 12.2 Å². The maximum absolute atomic E-state index is 12.1. The smallest absolute Gasteiger partial charge is 0.387 e. The Balaban J connectivity index is 1.87. The van der Waals surface area contributed by atoms with Crippen LogP contribution in [0.5, 0.6) is 5.75 Å². The Morgan fingerprint density at radius 2 is 1.79 bits per heavy atom. The van der Waals surface area contributed by atoms with Crippen molar-refractivity contribution >= 4 is 11.6 Å². The highest BCUT2D eigenvalue weighted by molar-refractivity contribution is 5.92. The molecule has 0 aliphatic rings. The molecule has 4 nitrogen and oxygen atoms in total. The molecule has 0 aromatic heterocycles. The lowest BCUT2D eigenvalue weighted by Crippen LogP contribution is -2.32. The minimum absolute atomic E-state index is 0.0576. The van der Waals surface area contributed by atoms with Crippen molar-refractivity contribution in [2.75, 3.05) is 18.4 Å². The van der Waals surface area contributed by atoms with E-state index >= 15 is 0 Å². The second kappa shape index (κ2) is 8.98. The van der Waals surface area contributed by atoms with Gasteiger partial charge in [-0.05, 0) is 36.4 Å². The summed E-state index contributed by atoms with van der Waals surface area (Å²) >= 11 is 0. The van der Waals surface area contributed by atoms with Crippen molar-refractivity contribution < 1.29 is 18.3 Å². The van der Waals surface area contributed by atoms with Gasteiger partial charge in [-0.15, -0.1) is 0 Å². The Kier molecular flexibility index (Phi) is 6.69. The van der Waals surface area contributed by atoms with E-state index in [4.69, 9.17) is 0 Å². The fraction of sp³-hybridized carbons (Fsp3) is 0.278. The lowest BCUT2D eigenvalue weighted by molar-refractivity contribution is -0.117. The lowest BCUT2D eigenvalue weighted by Gasteiger charge is -2.20. The Bertz CT molecular complexity index is 633. The summed E-state index contributed by atoms with van der Waals surface area (Å²) in [5.74, 6) is -0.0995. The standard InChI is InChI=1S/C18H20F2N2O2/c1-2-22(12-14-6-4-3-5-7-14)13-17(23)21-15-8-10-16(11-9-15)24-18(19)20/h3-11,18H,2,12-13H2,1H3,(H,21,23). The molecule has 0 unspecified atom stereocenters. The molecule has 6 heteroatoms. The van der Waals surface area contributed by atoms with Gasteiger partial charge in [-0.2, -0.15) is 8.78 Å². The van der Waals surface area contributed by atoms with Gasteiger partial charge in [0.25, 0.3) is 0 Å². The first-order valence-electron chi connectivity index (χ1n) is 7.68. The van der Waals surface area contributed by atoms with E-state index in [1.807, 2.05) is 42.2 Å². The van der Waals surface area contributed by atoms with Crippen molar-refractivity contribution in [3.05, 3.63) is 60.2 Å². The number of anilines is 1. The van der Waals surface area contributed by atoms with E-state index < -0.39 is 6.61 Å². The van der Waals surface area contributed by atoms with Gasteiger partial charge in [0.15, 0.2) is 0 Å². The van der Waals surface area contributed by atoms with Crippen LogP contribution in [0.1, 0.15) is 12.5 Å². The highest BCUT2D eigenvalue weighted by atomic mass is 19.3. The number of nitrogens with one attached hydrogen (secondary N) is 1. The molecule has 2 aromatic carbocycles. The first kappa shape index (κ1) is 17.9. The van der Waals surface area contributed by atoms with Crippen molar-refractivity contribution in [1.82, 2.24) is 4.90 Å². The van der Waals surface area contributed by atoms with Gasteiger partial charge in [-0.1, -0.05) is 37.3 Å². The second-order valence-corrected chi connectivity index (χ2v) is 5.24. The number of carbonyl (C=O) groups excluding carboxylic acids is 1. The third kappa shape index (κ3) is 5.96. The van der Waals surface area contributed by atoms with Crippen molar-refractivity contribution in [2.24, 2.45) is 0 Å². The SMILES string of the molecule is CCN(CC(=O)Nc1ccc(OC(F)F)cc1)Cc1ccccc1. The van der Waals surface area contributed by atoms with Gasteiger partial charge in [0.1, 0.15) is 5.75 Å². The number of alkyl halides is 2. The van der Waals surface area contributed by atoms with Gasteiger partial charge in [-0.25, -0.2) is 0 Å². The molecule has 0 spiro atoms.